The highest BCUT2D eigenvalue weighted by Crippen LogP contribution is 2.18. The molecule has 6 heteroatoms. The Kier molecular flexibility index (Phi) is 8.87. The summed E-state index contributed by atoms with van der Waals surface area (Å²) in [5.74, 6) is 0.173. The third-order valence-corrected chi connectivity index (χ3v) is 5.52. The fourth-order valence-electron chi connectivity index (χ4n) is 3.38. The van der Waals surface area contributed by atoms with Gasteiger partial charge in [0.15, 0.2) is 6.61 Å². The molecule has 1 unspecified atom stereocenters. The van der Waals surface area contributed by atoms with Gasteiger partial charge in [-0.15, -0.1) is 0 Å². The third kappa shape index (κ3) is 6.95. The average Bonchev–Trinajstić information content (AvgIpc) is 2.82. The van der Waals surface area contributed by atoms with Crippen LogP contribution in [0.25, 0.3) is 0 Å². The van der Waals surface area contributed by atoms with Crippen LogP contribution < -0.4 is 10.1 Å². The lowest BCUT2D eigenvalue weighted by Gasteiger charge is -2.31. The van der Waals surface area contributed by atoms with Gasteiger partial charge in [0.25, 0.3) is 5.91 Å². The third-order valence-electron chi connectivity index (χ3n) is 4.99. The maximum Gasteiger partial charge on any atom is 0.261 e. The number of carbonyl (C=O) groups excluding carboxylic acids is 2. The zero-order valence-corrected chi connectivity index (χ0v) is 19.6. The van der Waals surface area contributed by atoms with Gasteiger partial charge in [-0.2, -0.15) is 0 Å². The van der Waals surface area contributed by atoms with Gasteiger partial charge < -0.3 is 15.0 Å². The minimum Gasteiger partial charge on any atom is -0.484 e. The van der Waals surface area contributed by atoms with E-state index in [1.165, 1.54) is 0 Å². The molecule has 0 aliphatic rings. The Bertz CT molecular complexity index is 995. The summed E-state index contributed by atoms with van der Waals surface area (Å²) in [6.07, 6.45) is 0.420. The number of carbonyl (C=O) groups is 2. The summed E-state index contributed by atoms with van der Waals surface area (Å²) in [5.41, 5.74) is 1.94. The Labute approximate surface area is 197 Å². The van der Waals surface area contributed by atoms with Crippen molar-refractivity contribution >= 4 is 27.7 Å². The van der Waals surface area contributed by atoms with Gasteiger partial charge in [0.2, 0.25) is 5.91 Å². The Morgan fingerprint density at radius 1 is 0.906 bits per heavy atom. The Balaban J connectivity index is 1.85. The number of ether oxygens (including phenoxy) is 1. The molecule has 0 aromatic heterocycles. The quantitative estimate of drug-likeness (QED) is 0.447. The highest BCUT2D eigenvalue weighted by molar-refractivity contribution is 9.10. The summed E-state index contributed by atoms with van der Waals surface area (Å²) < 4.78 is 6.67. The SMILES string of the molecule is CCNC(=O)C(Cc1ccccc1)N(Cc1ccccc1)C(=O)COc1ccc(Br)cc1. The standard InChI is InChI=1S/C26H27BrN2O3/c1-2-28-26(31)24(17-20-9-5-3-6-10-20)29(18-21-11-7-4-8-12-21)25(30)19-32-23-15-13-22(27)14-16-23/h3-16,24H,2,17-19H2,1H3,(H,28,31). The Hall–Kier alpha value is -3.12. The van der Waals surface area contributed by atoms with Gasteiger partial charge in [-0.1, -0.05) is 76.6 Å². The predicted molar refractivity (Wildman–Crippen MR) is 129 cm³/mol. The van der Waals surface area contributed by atoms with Crippen LogP contribution in [0, 0.1) is 0 Å². The summed E-state index contributed by atoms with van der Waals surface area (Å²) in [5, 5.41) is 2.89. The van der Waals surface area contributed by atoms with Crippen molar-refractivity contribution in [3.63, 3.8) is 0 Å². The van der Waals surface area contributed by atoms with E-state index >= 15 is 0 Å². The normalized spacial score (nSPS) is 11.4. The second kappa shape index (κ2) is 12.1. The van der Waals surface area contributed by atoms with E-state index in [1.807, 2.05) is 79.7 Å². The second-order valence-corrected chi connectivity index (χ2v) is 8.27. The number of rotatable bonds is 10. The molecule has 0 aliphatic carbocycles. The van der Waals surface area contributed by atoms with Gasteiger partial charge in [-0.3, -0.25) is 9.59 Å². The molecule has 0 spiro atoms. The summed E-state index contributed by atoms with van der Waals surface area (Å²) in [4.78, 5) is 28.0. The zero-order valence-electron chi connectivity index (χ0n) is 18.0. The molecule has 1 atom stereocenters. The maximum absolute atomic E-state index is 13.3. The van der Waals surface area contributed by atoms with Crippen LogP contribution in [0.3, 0.4) is 0 Å². The van der Waals surface area contributed by atoms with E-state index in [4.69, 9.17) is 4.74 Å². The molecule has 0 heterocycles. The molecule has 32 heavy (non-hydrogen) atoms. The number of nitrogens with zero attached hydrogens (tertiary/aromatic N) is 1. The smallest absolute Gasteiger partial charge is 0.261 e. The second-order valence-electron chi connectivity index (χ2n) is 7.35. The van der Waals surface area contributed by atoms with E-state index in [0.29, 0.717) is 25.3 Å². The number of nitrogens with one attached hydrogen (secondary N) is 1. The summed E-state index contributed by atoms with van der Waals surface area (Å²) in [7, 11) is 0. The molecule has 166 valence electrons. The molecule has 0 saturated heterocycles. The summed E-state index contributed by atoms with van der Waals surface area (Å²) >= 11 is 3.39. The lowest BCUT2D eigenvalue weighted by atomic mass is 10.0. The van der Waals surface area contributed by atoms with Crippen molar-refractivity contribution in [2.24, 2.45) is 0 Å². The van der Waals surface area contributed by atoms with E-state index in [9.17, 15) is 9.59 Å². The number of hydrogen-bond donors (Lipinski definition) is 1. The summed E-state index contributed by atoms with van der Waals surface area (Å²) in [6, 6.07) is 26.1. The van der Waals surface area contributed by atoms with Crippen molar-refractivity contribution in [3.8, 4) is 5.75 Å². The first-order valence-corrected chi connectivity index (χ1v) is 11.4. The van der Waals surface area contributed by atoms with Gasteiger partial charge in [0.05, 0.1) is 0 Å². The first-order chi connectivity index (χ1) is 15.6. The first-order valence-electron chi connectivity index (χ1n) is 10.6. The number of benzene rings is 3. The molecule has 0 bridgehead atoms. The topological polar surface area (TPSA) is 58.6 Å². The van der Waals surface area contributed by atoms with Gasteiger partial charge in [-0.25, -0.2) is 0 Å². The van der Waals surface area contributed by atoms with Crippen molar-refractivity contribution in [2.45, 2.75) is 25.9 Å². The van der Waals surface area contributed by atoms with Crippen molar-refractivity contribution in [1.82, 2.24) is 10.2 Å². The van der Waals surface area contributed by atoms with E-state index < -0.39 is 6.04 Å². The molecule has 3 aromatic carbocycles. The molecule has 0 radical (unpaired) electrons. The van der Waals surface area contributed by atoms with Gasteiger partial charge in [-0.05, 0) is 42.3 Å². The average molecular weight is 495 g/mol. The van der Waals surface area contributed by atoms with Crippen LogP contribution in [-0.4, -0.2) is 35.9 Å². The largest absolute Gasteiger partial charge is 0.484 e. The monoisotopic (exact) mass is 494 g/mol. The highest BCUT2D eigenvalue weighted by atomic mass is 79.9. The van der Waals surface area contributed by atoms with Crippen molar-refractivity contribution < 1.29 is 14.3 Å². The molecule has 0 saturated carbocycles. The van der Waals surface area contributed by atoms with E-state index in [1.54, 1.807) is 17.0 Å². The van der Waals surface area contributed by atoms with Crippen LogP contribution in [-0.2, 0) is 22.6 Å². The molecule has 1 N–H and O–H groups in total. The Morgan fingerprint density at radius 3 is 2.09 bits per heavy atom. The fourth-order valence-corrected chi connectivity index (χ4v) is 3.65. The van der Waals surface area contributed by atoms with Crippen LogP contribution >= 0.6 is 15.9 Å². The summed E-state index contributed by atoms with van der Waals surface area (Å²) in [6.45, 7) is 2.53. The molecule has 3 aromatic rings. The van der Waals surface area contributed by atoms with E-state index in [0.717, 1.165) is 15.6 Å². The molecule has 0 fully saturated rings. The van der Waals surface area contributed by atoms with Crippen molar-refractivity contribution in [3.05, 3.63) is 101 Å². The number of halogens is 1. The number of amides is 2. The van der Waals surface area contributed by atoms with Crippen molar-refractivity contribution in [1.29, 1.82) is 0 Å². The van der Waals surface area contributed by atoms with Crippen LogP contribution in [0.15, 0.2) is 89.4 Å². The molecule has 5 nitrogen and oxygen atoms in total. The highest BCUT2D eigenvalue weighted by Gasteiger charge is 2.30. The van der Waals surface area contributed by atoms with Crippen molar-refractivity contribution in [2.75, 3.05) is 13.2 Å². The number of hydrogen-bond acceptors (Lipinski definition) is 3. The van der Waals surface area contributed by atoms with Crippen LogP contribution in [0.5, 0.6) is 5.75 Å². The molecule has 3 rings (SSSR count). The lowest BCUT2D eigenvalue weighted by molar-refractivity contribution is -0.142. The Morgan fingerprint density at radius 2 is 1.50 bits per heavy atom. The molecule has 2 amide bonds. The zero-order chi connectivity index (χ0) is 22.8. The van der Waals surface area contributed by atoms with Gasteiger partial charge in [0, 0.05) is 24.0 Å². The van der Waals surface area contributed by atoms with Crippen LogP contribution in [0.2, 0.25) is 0 Å². The predicted octanol–water partition coefficient (Wildman–Crippen LogP) is 4.60. The molecular formula is C26H27BrN2O3. The van der Waals surface area contributed by atoms with Gasteiger partial charge in [0.1, 0.15) is 11.8 Å². The van der Waals surface area contributed by atoms with E-state index in [2.05, 4.69) is 21.2 Å². The lowest BCUT2D eigenvalue weighted by Crippen LogP contribution is -2.51. The maximum atomic E-state index is 13.3. The minimum absolute atomic E-state index is 0.154. The first kappa shape index (κ1) is 23.5. The minimum atomic E-state index is -0.654. The van der Waals surface area contributed by atoms with E-state index in [-0.39, 0.29) is 18.4 Å². The van der Waals surface area contributed by atoms with Gasteiger partial charge >= 0.3 is 0 Å². The van der Waals surface area contributed by atoms with Crippen LogP contribution in [0.4, 0.5) is 0 Å². The molecular weight excluding hydrogens is 468 g/mol. The fraction of sp³-hybridized carbons (Fsp3) is 0.231. The molecule has 0 aliphatic heterocycles. The number of likely N-dealkylation sites (N-methyl/N-ethyl adjacent to an activating group) is 1. The van der Waals surface area contributed by atoms with Crippen LogP contribution in [0.1, 0.15) is 18.1 Å².